The fraction of sp³-hybridized carbons (Fsp3) is 0.389. The number of nitrogens with zero attached hydrogens (tertiary/aromatic N) is 2. The standard InChI is InChI=1S/C18H19FN4O4S/c19-13-5-11(16-12(6-13)8-26-10-27-16)1-2-20-15(24)7-14-9-28-18(22-14)23-4-3-21-17(23)25/h5-6,9H,1-4,7-8,10H2,(H,20,24)(H,21,25). The summed E-state index contributed by atoms with van der Waals surface area (Å²) in [7, 11) is 0. The Kier molecular flexibility index (Phi) is 5.40. The van der Waals surface area contributed by atoms with Crippen LogP contribution in [0.4, 0.5) is 14.3 Å². The van der Waals surface area contributed by atoms with E-state index in [1.165, 1.54) is 23.5 Å². The van der Waals surface area contributed by atoms with E-state index in [2.05, 4.69) is 15.6 Å². The summed E-state index contributed by atoms with van der Waals surface area (Å²) in [6.07, 6.45) is 0.569. The van der Waals surface area contributed by atoms with Gasteiger partial charge in [-0.05, 0) is 24.1 Å². The minimum absolute atomic E-state index is 0.123. The molecule has 2 N–H and O–H groups in total. The largest absolute Gasteiger partial charge is 0.467 e. The summed E-state index contributed by atoms with van der Waals surface area (Å²) >= 11 is 1.33. The Hall–Kier alpha value is -2.72. The number of hydrogen-bond donors (Lipinski definition) is 2. The molecule has 0 saturated carbocycles. The molecule has 2 aromatic rings. The summed E-state index contributed by atoms with van der Waals surface area (Å²) in [5, 5.41) is 7.90. The van der Waals surface area contributed by atoms with Gasteiger partial charge in [-0.1, -0.05) is 0 Å². The van der Waals surface area contributed by atoms with Gasteiger partial charge >= 0.3 is 6.03 Å². The smallest absolute Gasteiger partial charge is 0.323 e. The second-order valence-corrected chi connectivity index (χ2v) is 7.28. The third-order valence-corrected chi connectivity index (χ3v) is 5.35. The highest BCUT2D eigenvalue weighted by Crippen LogP contribution is 2.29. The van der Waals surface area contributed by atoms with E-state index >= 15 is 0 Å². The van der Waals surface area contributed by atoms with E-state index in [0.29, 0.717) is 60.4 Å². The fourth-order valence-electron chi connectivity index (χ4n) is 3.16. The summed E-state index contributed by atoms with van der Waals surface area (Å²) in [6, 6.07) is 2.65. The Morgan fingerprint density at radius 2 is 2.32 bits per heavy atom. The number of ether oxygens (including phenoxy) is 2. The number of rotatable bonds is 6. The van der Waals surface area contributed by atoms with Gasteiger partial charge in [0.05, 0.1) is 18.7 Å². The molecular weight excluding hydrogens is 387 g/mol. The first-order valence-electron chi connectivity index (χ1n) is 8.88. The highest BCUT2D eigenvalue weighted by molar-refractivity contribution is 7.14. The highest BCUT2D eigenvalue weighted by atomic mass is 32.1. The number of carbonyl (C=O) groups is 2. The molecule has 0 bridgehead atoms. The normalized spacial score (nSPS) is 15.8. The number of nitrogens with one attached hydrogen (secondary N) is 2. The van der Waals surface area contributed by atoms with E-state index in [4.69, 9.17) is 9.47 Å². The van der Waals surface area contributed by atoms with Gasteiger partial charge in [0, 0.05) is 30.6 Å². The van der Waals surface area contributed by atoms with Crippen molar-refractivity contribution in [3.8, 4) is 5.75 Å². The third kappa shape index (κ3) is 4.07. The van der Waals surface area contributed by atoms with Crippen LogP contribution < -0.4 is 20.3 Å². The van der Waals surface area contributed by atoms with Crippen LogP contribution in [0.2, 0.25) is 0 Å². The molecule has 0 spiro atoms. The molecule has 2 aliphatic heterocycles. The molecule has 0 unspecified atom stereocenters. The lowest BCUT2D eigenvalue weighted by Gasteiger charge is -2.20. The van der Waals surface area contributed by atoms with Gasteiger partial charge in [-0.25, -0.2) is 14.2 Å². The summed E-state index contributed by atoms with van der Waals surface area (Å²) in [6.45, 7) is 1.97. The molecule has 3 amide bonds. The second-order valence-electron chi connectivity index (χ2n) is 6.45. The minimum atomic E-state index is -0.352. The Balaban J connectivity index is 1.30. The van der Waals surface area contributed by atoms with Crippen LogP contribution in [0.15, 0.2) is 17.5 Å². The number of halogens is 1. The Bertz CT molecular complexity index is 904. The topological polar surface area (TPSA) is 92.8 Å². The molecule has 1 fully saturated rings. The van der Waals surface area contributed by atoms with E-state index < -0.39 is 0 Å². The Morgan fingerprint density at radius 3 is 3.14 bits per heavy atom. The maximum Gasteiger partial charge on any atom is 0.323 e. The van der Waals surface area contributed by atoms with Crippen LogP contribution in [-0.4, -0.2) is 43.3 Å². The summed E-state index contributed by atoms with van der Waals surface area (Å²) in [5.74, 6) is 0.0994. The SMILES string of the molecule is O=C(Cc1csc(N2CCNC2=O)n1)NCCc1cc(F)cc2c1OCOC2. The lowest BCUT2D eigenvalue weighted by atomic mass is 10.1. The third-order valence-electron chi connectivity index (χ3n) is 4.44. The number of urea groups is 1. The van der Waals surface area contributed by atoms with E-state index in [0.717, 1.165) is 0 Å². The molecule has 0 radical (unpaired) electrons. The molecule has 28 heavy (non-hydrogen) atoms. The quantitative estimate of drug-likeness (QED) is 0.760. The second kappa shape index (κ2) is 8.11. The van der Waals surface area contributed by atoms with Crippen molar-refractivity contribution < 1.29 is 23.5 Å². The fourth-order valence-corrected chi connectivity index (χ4v) is 4.01. The van der Waals surface area contributed by atoms with Crippen molar-refractivity contribution >= 4 is 28.4 Å². The zero-order valence-corrected chi connectivity index (χ0v) is 15.8. The van der Waals surface area contributed by atoms with Crippen molar-refractivity contribution in [1.82, 2.24) is 15.6 Å². The number of thiazole rings is 1. The Labute approximate surface area is 164 Å². The first kappa shape index (κ1) is 18.6. The molecule has 2 aliphatic rings. The average Bonchev–Trinajstić information content (AvgIpc) is 3.30. The summed E-state index contributed by atoms with van der Waals surface area (Å²) in [4.78, 5) is 29.8. The first-order valence-corrected chi connectivity index (χ1v) is 9.76. The van der Waals surface area contributed by atoms with Gasteiger partial charge < -0.3 is 20.1 Å². The van der Waals surface area contributed by atoms with Crippen LogP contribution in [0.1, 0.15) is 16.8 Å². The maximum absolute atomic E-state index is 13.7. The van der Waals surface area contributed by atoms with Gasteiger partial charge in [0.25, 0.3) is 0 Å². The zero-order valence-electron chi connectivity index (χ0n) is 15.0. The first-order chi connectivity index (χ1) is 13.6. The lowest BCUT2D eigenvalue weighted by molar-refractivity contribution is -0.120. The van der Waals surface area contributed by atoms with Crippen molar-refractivity contribution in [2.24, 2.45) is 0 Å². The average molecular weight is 406 g/mol. The Morgan fingerprint density at radius 1 is 1.43 bits per heavy atom. The molecule has 0 aliphatic carbocycles. The van der Waals surface area contributed by atoms with Gasteiger partial charge in [0.1, 0.15) is 11.6 Å². The minimum Gasteiger partial charge on any atom is -0.467 e. The number of aromatic nitrogens is 1. The predicted octanol–water partition coefficient (Wildman–Crippen LogP) is 1.58. The van der Waals surface area contributed by atoms with E-state index in [1.54, 1.807) is 10.3 Å². The monoisotopic (exact) mass is 406 g/mol. The molecule has 10 heteroatoms. The maximum atomic E-state index is 13.7. The van der Waals surface area contributed by atoms with Crippen LogP contribution >= 0.6 is 11.3 Å². The van der Waals surface area contributed by atoms with E-state index in [-0.39, 0.29) is 31.0 Å². The molecular formula is C18H19FN4O4S. The number of fused-ring (bicyclic) bond motifs is 1. The van der Waals surface area contributed by atoms with Gasteiger partial charge in [-0.2, -0.15) is 0 Å². The molecule has 148 valence electrons. The molecule has 1 aromatic heterocycles. The predicted molar refractivity (Wildman–Crippen MR) is 100.0 cm³/mol. The van der Waals surface area contributed by atoms with E-state index in [9.17, 15) is 14.0 Å². The molecule has 1 saturated heterocycles. The van der Waals surface area contributed by atoms with Crippen molar-refractivity contribution in [2.75, 3.05) is 31.3 Å². The summed E-state index contributed by atoms with van der Waals surface area (Å²) < 4.78 is 24.4. The number of amides is 3. The summed E-state index contributed by atoms with van der Waals surface area (Å²) in [5.41, 5.74) is 1.99. The van der Waals surface area contributed by atoms with Gasteiger partial charge in [-0.15, -0.1) is 11.3 Å². The number of benzene rings is 1. The van der Waals surface area contributed by atoms with E-state index in [1.807, 2.05) is 0 Å². The van der Waals surface area contributed by atoms with Crippen LogP contribution in [0.25, 0.3) is 0 Å². The van der Waals surface area contributed by atoms with Gasteiger partial charge in [0.2, 0.25) is 5.91 Å². The molecule has 8 nitrogen and oxygen atoms in total. The van der Waals surface area contributed by atoms with Crippen molar-refractivity contribution in [3.63, 3.8) is 0 Å². The number of anilines is 1. The van der Waals surface area contributed by atoms with Gasteiger partial charge in [-0.3, -0.25) is 9.69 Å². The van der Waals surface area contributed by atoms with Crippen molar-refractivity contribution in [1.29, 1.82) is 0 Å². The molecule has 1 aromatic carbocycles. The molecule has 3 heterocycles. The number of carbonyl (C=O) groups excluding carboxylic acids is 2. The zero-order chi connectivity index (χ0) is 19.5. The van der Waals surface area contributed by atoms with Crippen molar-refractivity contribution in [2.45, 2.75) is 19.4 Å². The lowest BCUT2D eigenvalue weighted by Crippen LogP contribution is -2.28. The van der Waals surface area contributed by atoms with Gasteiger partial charge in [0.15, 0.2) is 11.9 Å². The molecule has 4 rings (SSSR count). The molecule has 0 atom stereocenters. The van der Waals surface area contributed by atoms with Crippen LogP contribution in [0, 0.1) is 5.82 Å². The van der Waals surface area contributed by atoms with Crippen molar-refractivity contribution in [3.05, 3.63) is 40.2 Å². The van der Waals surface area contributed by atoms with Crippen LogP contribution in [-0.2, 0) is 29.0 Å². The highest BCUT2D eigenvalue weighted by Gasteiger charge is 2.24. The number of hydrogen-bond acceptors (Lipinski definition) is 6. The van der Waals surface area contributed by atoms with Crippen LogP contribution in [0.5, 0.6) is 5.75 Å². The van der Waals surface area contributed by atoms with Crippen LogP contribution in [0.3, 0.4) is 0 Å².